The van der Waals surface area contributed by atoms with Crippen molar-refractivity contribution in [3.05, 3.63) is 88.5 Å². The molecule has 0 saturated heterocycles. The Morgan fingerprint density at radius 3 is 2.60 bits per heavy atom. The predicted molar refractivity (Wildman–Crippen MR) is 117 cm³/mol. The summed E-state index contributed by atoms with van der Waals surface area (Å²) in [7, 11) is 1.48. The molecule has 30 heavy (non-hydrogen) atoms. The Bertz CT molecular complexity index is 1110. The van der Waals surface area contributed by atoms with Gasteiger partial charge in [0.1, 0.15) is 0 Å². The Hall–Kier alpha value is -3.80. The number of hydrogen-bond donors (Lipinski definition) is 2. The molecule has 6 nitrogen and oxygen atoms in total. The number of hydrazone groups is 1. The van der Waals surface area contributed by atoms with Crippen LogP contribution in [-0.4, -0.2) is 24.3 Å². The van der Waals surface area contributed by atoms with E-state index < -0.39 is 0 Å². The fraction of sp³-hybridized carbons (Fsp3) is 0.167. The average molecular weight is 401 g/mol. The van der Waals surface area contributed by atoms with Crippen molar-refractivity contribution >= 4 is 17.8 Å². The molecule has 0 aliphatic carbocycles. The number of phenolic OH excluding ortho intramolecular Hbond substituents is 1. The maximum atomic E-state index is 12.5. The summed E-state index contributed by atoms with van der Waals surface area (Å²) in [4.78, 5) is 14.8. The van der Waals surface area contributed by atoms with Crippen molar-refractivity contribution in [3.8, 4) is 11.5 Å². The summed E-state index contributed by atoms with van der Waals surface area (Å²) in [5.74, 6) is 0.132. The van der Waals surface area contributed by atoms with Crippen molar-refractivity contribution in [3.63, 3.8) is 0 Å². The lowest BCUT2D eigenvalue weighted by Crippen LogP contribution is -2.18. The highest BCUT2D eigenvalue weighted by molar-refractivity contribution is 5.95. The summed E-state index contributed by atoms with van der Waals surface area (Å²) < 4.78 is 5.07. The molecule has 0 saturated carbocycles. The van der Waals surface area contributed by atoms with Gasteiger partial charge < -0.3 is 14.7 Å². The van der Waals surface area contributed by atoms with E-state index >= 15 is 0 Å². The second kappa shape index (κ2) is 8.29. The van der Waals surface area contributed by atoms with Crippen LogP contribution in [0.25, 0.3) is 0 Å². The number of carbonyl (C=O) groups excluding carboxylic acids is 1. The third-order valence-electron chi connectivity index (χ3n) is 5.17. The number of fused-ring (bicyclic) bond motifs is 1. The van der Waals surface area contributed by atoms with Crippen LogP contribution in [0.15, 0.2) is 65.8 Å². The number of carbonyl (C=O) groups is 1. The minimum absolute atomic E-state index is 0.0523. The molecule has 0 unspecified atom stereocenters. The van der Waals surface area contributed by atoms with Gasteiger partial charge in [0.25, 0.3) is 5.91 Å². The quantitative estimate of drug-likeness (QED) is 0.501. The second-order valence-electron chi connectivity index (χ2n) is 7.31. The van der Waals surface area contributed by atoms with E-state index in [-0.39, 0.29) is 11.7 Å². The second-order valence-corrected chi connectivity index (χ2v) is 7.31. The van der Waals surface area contributed by atoms with Gasteiger partial charge >= 0.3 is 0 Å². The molecular formula is C24H23N3O3. The Morgan fingerprint density at radius 2 is 1.83 bits per heavy atom. The van der Waals surface area contributed by atoms with Crippen LogP contribution < -0.4 is 15.1 Å². The van der Waals surface area contributed by atoms with Gasteiger partial charge in [0, 0.05) is 24.3 Å². The SMILES string of the molecule is COc1cc(/C=N/NC(=O)c2ccc3c(c2)CN(c2ccc(C)cc2)C3)ccc1O. The predicted octanol–water partition coefficient (Wildman–Crippen LogP) is 3.99. The number of ether oxygens (including phenoxy) is 1. The summed E-state index contributed by atoms with van der Waals surface area (Å²) >= 11 is 0. The van der Waals surface area contributed by atoms with Crippen LogP contribution in [-0.2, 0) is 13.1 Å². The third kappa shape index (κ3) is 4.12. The molecule has 0 fully saturated rings. The third-order valence-corrected chi connectivity index (χ3v) is 5.17. The van der Waals surface area contributed by atoms with Crippen molar-refractivity contribution in [2.45, 2.75) is 20.0 Å². The van der Waals surface area contributed by atoms with Gasteiger partial charge in [-0.15, -0.1) is 0 Å². The number of anilines is 1. The monoisotopic (exact) mass is 401 g/mol. The van der Waals surface area contributed by atoms with E-state index in [2.05, 4.69) is 46.6 Å². The van der Waals surface area contributed by atoms with Gasteiger partial charge in [0.05, 0.1) is 13.3 Å². The van der Waals surface area contributed by atoms with Crippen LogP contribution in [0.3, 0.4) is 0 Å². The van der Waals surface area contributed by atoms with Crippen molar-refractivity contribution in [1.29, 1.82) is 0 Å². The zero-order valence-corrected chi connectivity index (χ0v) is 16.9. The number of aromatic hydroxyl groups is 1. The molecule has 2 N–H and O–H groups in total. The van der Waals surface area contributed by atoms with Crippen LogP contribution in [0.1, 0.15) is 32.6 Å². The zero-order valence-electron chi connectivity index (χ0n) is 16.9. The molecule has 0 spiro atoms. The van der Waals surface area contributed by atoms with Crippen LogP contribution in [0, 0.1) is 6.92 Å². The lowest BCUT2D eigenvalue weighted by Gasteiger charge is -2.17. The number of amides is 1. The van der Waals surface area contributed by atoms with E-state index in [4.69, 9.17) is 4.74 Å². The Morgan fingerprint density at radius 1 is 1.07 bits per heavy atom. The van der Waals surface area contributed by atoms with E-state index in [1.54, 1.807) is 12.1 Å². The average Bonchev–Trinajstić information content (AvgIpc) is 3.18. The van der Waals surface area contributed by atoms with E-state index in [0.29, 0.717) is 16.9 Å². The van der Waals surface area contributed by atoms with Crippen LogP contribution in [0.2, 0.25) is 0 Å². The number of nitrogens with one attached hydrogen (secondary N) is 1. The molecule has 3 aromatic rings. The van der Waals surface area contributed by atoms with Gasteiger partial charge in [0.15, 0.2) is 11.5 Å². The Balaban J connectivity index is 1.42. The summed E-state index contributed by atoms with van der Waals surface area (Å²) in [5, 5.41) is 13.7. The first-order chi connectivity index (χ1) is 14.5. The first kappa shape index (κ1) is 19.5. The molecule has 1 aliphatic heterocycles. The summed E-state index contributed by atoms with van der Waals surface area (Å²) in [6.07, 6.45) is 1.51. The lowest BCUT2D eigenvalue weighted by atomic mass is 10.1. The number of phenols is 1. The van der Waals surface area contributed by atoms with Gasteiger partial charge in [-0.05, 0) is 66.1 Å². The minimum Gasteiger partial charge on any atom is -0.504 e. The van der Waals surface area contributed by atoms with Crippen molar-refractivity contribution < 1.29 is 14.6 Å². The first-order valence-electron chi connectivity index (χ1n) is 9.67. The van der Waals surface area contributed by atoms with Gasteiger partial charge in [-0.3, -0.25) is 4.79 Å². The van der Waals surface area contributed by atoms with E-state index in [0.717, 1.165) is 18.7 Å². The van der Waals surface area contributed by atoms with E-state index in [1.807, 2.05) is 18.2 Å². The number of rotatable bonds is 5. The van der Waals surface area contributed by atoms with Crippen molar-refractivity contribution in [1.82, 2.24) is 5.43 Å². The topological polar surface area (TPSA) is 74.2 Å². The maximum Gasteiger partial charge on any atom is 0.271 e. The summed E-state index contributed by atoms with van der Waals surface area (Å²) in [6, 6.07) is 19.1. The van der Waals surface area contributed by atoms with Crippen LogP contribution in [0.5, 0.6) is 11.5 Å². The highest BCUT2D eigenvalue weighted by atomic mass is 16.5. The van der Waals surface area contributed by atoms with Crippen molar-refractivity contribution in [2.75, 3.05) is 12.0 Å². The smallest absolute Gasteiger partial charge is 0.271 e. The molecule has 152 valence electrons. The van der Waals surface area contributed by atoms with Gasteiger partial charge in [0.2, 0.25) is 0 Å². The number of aryl methyl sites for hydroxylation is 1. The normalized spacial score (nSPS) is 12.8. The number of methoxy groups -OCH3 is 1. The van der Waals surface area contributed by atoms with Crippen molar-refractivity contribution in [2.24, 2.45) is 5.10 Å². The molecule has 0 atom stereocenters. The fourth-order valence-corrected chi connectivity index (χ4v) is 3.48. The molecule has 0 aromatic heterocycles. The standard InChI is InChI=1S/C24H23N3O3/c1-16-3-8-21(9-4-16)27-14-19-7-6-18(12-20(19)15-27)24(29)26-25-13-17-5-10-22(28)23(11-17)30-2/h3-13,28H,14-15H2,1-2H3,(H,26,29)/b25-13+. The number of nitrogens with zero attached hydrogens (tertiary/aromatic N) is 2. The zero-order chi connectivity index (χ0) is 21.1. The minimum atomic E-state index is -0.270. The molecule has 0 bridgehead atoms. The lowest BCUT2D eigenvalue weighted by molar-refractivity contribution is 0.0955. The summed E-state index contributed by atoms with van der Waals surface area (Å²) in [5.41, 5.74) is 8.62. The van der Waals surface area contributed by atoms with Crippen LogP contribution >= 0.6 is 0 Å². The maximum absolute atomic E-state index is 12.5. The number of benzene rings is 3. The van der Waals surface area contributed by atoms with E-state index in [9.17, 15) is 9.90 Å². The van der Waals surface area contributed by atoms with Gasteiger partial charge in [-0.25, -0.2) is 5.43 Å². The highest BCUT2D eigenvalue weighted by Gasteiger charge is 2.20. The Labute approximate surface area is 175 Å². The summed E-state index contributed by atoms with van der Waals surface area (Å²) in [6.45, 7) is 3.69. The number of hydrogen-bond acceptors (Lipinski definition) is 5. The molecule has 1 amide bonds. The fourth-order valence-electron chi connectivity index (χ4n) is 3.48. The molecule has 0 radical (unpaired) electrons. The van der Waals surface area contributed by atoms with Gasteiger partial charge in [-0.1, -0.05) is 23.8 Å². The molecule has 3 aromatic carbocycles. The van der Waals surface area contributed by atoms with Crippen LogP contribution in [0.4, 0.5) is 5.69 Å². The largest absolute Gasteiger partial charge is 0.504 e. The Kier molecular flexibility index (Phi) is 5.39. The molecule has 1 aliphatic rings. The molecule has 6 heteroatoms. The molecular weight excluding hydrogens is 378 g/mol. The first-order valence-corrected chi connectivity index (χ1v) is 9.67. The van der Waals surface area contributed by atoms with Gasteiger partial charge in [-0.2, -0.15) is 5.10 Å². The highest BCUT2D eigenvalue weighted by Crippen LogP contribution is 2.29. The molecule has 1 heterocycles. The van der Waals surface area contributed by atoms with E-state index in [1.165, 1.54) is 36.2 Å². The molecule has 4 rings (SSSR count).